The summed E-state index contributed by atoms with van der Waals surface area (Å²) in [4.78, 5) is 12.0. The molecule has 0 saturated carbocycles. The zero-order valence-electron chi connectivity index (χ0n) is 14.9. The molecule has 0 bridgehead atoms. The van der Waals surface area contributed by atoms with E-state index in [1.54, 1.807) is 14.0 Å². The Hall–Kier alpha value is -1.92. The van der Waals surface area contributed by atoms with Crippen molar-refractivity contribution in [1.82, 2.24) is 15.1 Å². The third-order valence-electron chi connectivity index (χ3n) is 3.50. The molecule has 160 valence electrons. The topological polar surface area (TPSA) is 56.2 Å². The predicted molar refractivity (Wildman–Crippen MR) is 93.4 cm³/mol. The van der Waals surface area contributed by atoms with E-state index in [4.69, 9.17) is 11.6 Å². The lowest BCUT2D eigenvalue weighted by molar-refractivity contribution is -0.377. The third-order valence-corrected chi connectivity index (χ3v) is 4.91. The number of carbonyl (C=O) groups excluding carboxylic acids is 1. The van der Waals surface area contributed by atoms with Crippen molar-refractivity contribution in [3.63, 3.8) is 0 Å². The second-order valence-corrected chi connectivity index (χ2v) is 7.34. The number of thioether (sulfide) groups is 1. The second kappa shape index (κ2) is 8.84. The summed E-state index contributed by atoms with van der Waals surface area (Å²) in [5.74, 6) is -0.507. The van der Waals surface area contributed by atoms with Crippen LogP contribution in [0.25, 0.3) is 0 Å². The van der Waals surface area contributed by atoms with Crippen LogP contribution in [0.5, 0.6) is 0 Å². The van der Waals surface area contributed by atoms with E-state index in [1.165, 1.54) is 16.8 Å². The van der Waals surface area contributed by atoms with E-state index in [9.17, 15) is 31.1 Å². The highest BCUT2D eigenvalue weighted by molar-refractivity contribution is 8.00. The van der Waals surface area contributed by atoms with Crippen molar-refractivity contribution in [3.8, 4) is 0 Å². The predicted octanol–water partition coefficient (Wildman–Crippen LogP) is 4.83. The van der Waals surface area contributed by atoms with Crippen LogP contribution in [0, 0.1) is 6.92 Å². The first-order valence-corrected chi connectivity index (χ1v) is 9.01. The number of hydrogen-bond acceptors (Lipinski definition) is 4. The number of halogens is 7. The summed E-state index contributed by atoms with van der Waals surface area (Å²) in [5, 5.41) is 2.32. The molecule has 0 aliphatic rings. The fraction of sp³-hybridized carbons (Fsp3) is 0.375. The minimum Gasteiger partial charge on any atom is -0.347 e. The van der Waals surface area contributed by atoms with Crippen LogP contribution in [0.3, 0.4) is 0 Å². The molecule has 0 fully saturated rings. The van der Waals surface area contributed by atoms with E-state index < -0.39 is 35.6 Å². The van der Waals surface area contributed by atoms with Gasteiger partial charge in [-0.1, -0.05) is 23.7 Å². The molecule has 0 saturated heterocycles. The minimum absolute atomic E-state index is 0.0175. The summed E-state index contributed by atoms with van der Waals surface area (Å²) in [5.41, 5.74) is 1.13. The van der Waals surface area contributed by atoms with Crippen molar-refractivity contribution in [2.75, 3.05) is 0 Å². The Kier molecular flexibility index (Phi) is 7.12. The molecule has 1 atom stereocenters. The Morgan fingerprint density at radius 1 is 1.28 bits per heavy atom. The molecule has 2 aromatic rings. The van der Waals surface area contributed by atoms with Gasteiger partial charge in [-0.2, -0.15) is 13.9 Å². The molecule has 2 rings (SSSR count). The molecule has 1 aromatic heterocycles. The first-order chi connectivity index (χ1) is 13.3. The lowest BCUT2D eigenvalue weighted by Gasteiger charge is -2.21. The number of benzene rings is 1. The summed E-state index contributed by atoms with van der Waals surface area (Å²) in [6.45, 7) is 1.65. The summed E-state index contributed by atoms with van der Waals surface area (Å²) in [6, 6.07) is 5.02. The Balaban J connectivity index is 1.97. The van der Waals surface area contributed by atoms with Gasteiger partial charge in [-0.05, 0) is 36.4 Å². The number of nitrogens with zero attached hydrogens (tertiary/aromatic N) is 2. The molecule has 1 amide bonds. The highest BCUT2D eigenvalue weighted by Gasteiger charge is 2.48. The van der Waals surface area contributed by atoms with Gasteiger partial charge in [-0.25, -0.2) is 9.13 Å². The largest absolute Gasteiger partial charge is 0.525 e. The molecule has 13 heteroatoms. The van der Waals surface area contributed by atoms with Gasteiger partial charge in [0.25, 0.3) is 12.3 Å². The average molecular weight is 462 g/mol. The third kappa shape index (κ3) is 6.28. The highest BCUT2D eigenvalue weighted by Crippen LogP contribution is 2.42. The Morgan fingerprint density at radius 3 is 2.34 bits per heavy atom. The number of aromatic nitrogens is 2. The maximum Gasteiger partial charge on any atom is 0.525 e. The lowest BCUT2D eigenvalue weighted by atomic mass is 10.2. The molecule has 0 spiro atoms. The van der Waals surface area contributed by atoms with Crippen LogP contribution >= 0.6 is 23.4 Å². The molecular weight excluding hydrogens is 448 g/mol. The Labute approximate surface area is 170 Å². The van der Waals surface area contributed by atoms with Gasteiger partial charge in [0.2, 0.25) is 0 Å². The molecule has 0 radical (unpaired) electrons. The van der Waals surface area contributed by atoms with Gasteiger partial charge >= 0.3 is 11.6 Å². The number of alkyl halides is 6. The lowest BCUT2D eigenvalue weighted by Crippen LogP contribution is -2.33. The monoisotopic (exact) mass is 461 g/mol. The quantitative estimate of drug-likeness (QED) is 0.474. The SMILES string of the molecule is Cc1nn(C)c(C(=O)NCc2ccc(SC(F)(F)C(F)OC(F)(F)F)cc2)c1Cl. The maximum absolute atomic E-state index is 13.5. The van der Waals surface area contributed by atoms with Crippen molar-refractivity contribution >= 4 is 29.3 Å². The Morgan fingerprint density at radius 2 is 1.86 bits per heavy atom. The molecule has 0 aliphatic heterocycles. The van der Waals surface area contributed by atoms with Crippen LogP contribution in [0.1, 0.15) is 21.7 Å². The molecule has 1 unspecified atom stereocenters. The van der Waals surface area contributed by atoms with Crippen LogP contribution in [-0.4, -0.2) is 33.7 Å². The van der Waals surface area contributed by atoms with Gasteiger partial charge < -0.3 is 5.32 Å². The van der Waals surface area contributed by atoms with Crippen molar-refractivity contribution in [2.24, 2.45) is 7.05 Å². The zero-order valence-corrected chi connectivity index (χ0v) is 16.4. The highest BCUT2D eigenvalue weighted by atomic mass is 35.5. The van der Waals surface area contributed by atoms with Crippen LogP contribution in [0.2, 0.25) is 5.02 Å². The van der Waals surface area contributed by atoms with E-state index >= 15 is 0 Å². The van der Waals surface area contributed by atoms with E-state index in [0.717, 1.165) is 12.1 Å². The number of hydrogen-bond donors (Lipinski definition) is 1. The average Bonchev–Trinajstić information content (AvgIpc) is 2.84. The van der Waals surface area contributed by atoms with Crippen molar-refractivity contribution in [1.29, 1.82) is 0 Å². The minimum atomic E-state index is -5.53. The molecular formula is C16H14ClF6N3O2S. The van der Waals surface area contributed by atoms with Gasteiger partial charge in [0.15, 0.2) is 0 Å². The summed E-state index contributed by atoms with van der Waals surface area (Å²) in [7, 11) is 1.54. The number of aryl methyl sites for hydroxylation is 2. The summed E-state index contributed by atoms with van der Waals surface area (Å²) >= 11 is 5.59. The van der Waals surface area contributed by atoms with E-state index in [0.29, 0.717) is 11.3 Å². The van der Waals surface area contributed by atoms with Crippen LogP contribution in [0.15, 0.2) is 29.2 Å². The molecule has 1 heterocycles. The van der Waals surface area contributed by atoms with Gasteiger partial charge in [0.1, 0.15) is 5.69 Å². The van der Waals surface area contributed by atoms with E-state index in [-0.39, 0.29) is 22.2 Å². The number of amides is 1. The number of nitrogens with one attached hydrogen (secondary N) is 1. The Bertz CT molecular complexity index is 873. The first-order valence-electron chi connectivity index (χ1n) is 7.82. The van der Waals surface area contributed by atoms with Crippen molar-refractivity contribution < 1.29 is 35.9 Å². The summed E-state index contributed by atoms with van der Waals surface area (Å²) in [6.07, 6.45) is -9.39. The van der Waals surface area contributed by atoms with Gasteiger partial charge in [-0.15, -0.1) is 13.2 Å². The normalized spacial score (nSPS) is 13.4. The van der Waals surface area contributed by atoms with Gasteiger partial charge in [-0.3, -0.25) is 9.48 Å². The summed E-state index contributed by atoms with van der Waals surface area (Å²) < 4.78 is 79.9. The number of ether oxygens (including phenoxy) is 1. The van der Waals surface area contributed by atoms with Crippen LogP contribution in [0.4, 0.5) is 26.3 Å². The molecule has 5 nitrogen and oxygen atoms in total. The van der Waals surface area contributed by atoms with E-state index in [2.05, 4.69) is 15.2 Å². The first kappa shape index (κ1) is 23.4. The number of carbonyl (C=O) groups is 1. The molecule has 1 N–H and O–H groups in total. The second-order valence-electron chi connectivity index (χ2n) is 5.74. The van der Waals surface area contributed by atoms with Gasteiger partial charge in [0, 0.05) is 18.5 Å². The zero-order chi connectivity index (χ0) is 22.0. The van der Waals surface area contributed by atoms with Crippen LogP contribution in [-0.2, 0) is 18.3 Å². The smallest absolute Gasteiger partial charge is 0.347 e. The fourth-order valence-corrected chi connectivity index (χ4v) is 3.18. The van der Waals surface area contributed by atoms with Gasteiger partial charge in [0.05, 0.1) is 10.7 Å². The number of rotatable bonds is 7. The molecule has 1 aromatic carbocycles. The molecule has 0 aliphatic carbocycles. The van der Waals surface area contributed by atoms with E-state index in [1.807, 2.05) is 0 Å². The van der Waals surface area contributed by atoms with Crippen molar-refractivity contribution in [3.05, 3.63) is 46.2 Å². The maximum atomic E-state index is 13.5. The fourth-order valence-electron chi connectivity index (χ4n) is 2.21. The molecule has 29 heavy (non-hydrogen) atoms. The van der Waals surface area contributed by atoms with Crippen LogP contribution < -0.4 is 5.32 Å². The standard InChI is InChI=1S/C16H14ClF6N3O2S/c1-8-11(17)12(26(2)25-8)13(27)24-7-9-3-5-10(6-4-9)29-15(19,20)14(18)28-16(21,22)23/h3-6,14H,7H2,1-2H3,(H,24,27). The van der Waals surface area contributed by atoms with Crippen molar-refractivity contribution in [2.45, 2.75) is 36.3 Å².